The summed E-state index contributed by atoms with van der Waals surface area (Å²) in [6.07, 6.45) is 8.05. The highest BCUT2D eigenvalue weighted by atomic mass is 15.3. The fourth-order valence-electron chi connectivity index (χ4n) is 3.20. The largest absolute Gasteiger partial charge is 0.349 e. The molecule has 1 aromatic carbocycles. The van der Waals surface area contributed by atoms with Gasteiger partial charge in [-0.3, -0.25) is 4.68 Å². The highest BCUT2D eigenvalue weighted by Gasteiger charge is 2.29. The van der Waals surface area contributed by atoms with E-state index in [-0.39, 0.29) is 0 Å². The molecule has 5 heteroatoms. The molecule has 0 unspecified atom stereocenters. The number of nitrogens with zero attached hydrogens (tertiary/aromatic N) is 5. The van der Waals surface area contributed by atoms with Gasteiger partial charge in [0.05, 0.1) is 17.8 Å². The molecular weight excluding hydrogens is 262 g/mol. The Labute approximate surface area is 123 Å². The van der Waals surface area contributed by atoms with Gasteiger partial charge in [-0.25, -0.2) is 9.97 Å². The van der Waals surface area contributed by atoms with E-state index in [9.17, 15) is 0 Å². The minimum absolute atomic E-state index is 0.358. The fraction of sp³-hybridized carbons (Fsp3) is 0.312. The van der Waals surface area contributed by atoms with E-state index in [0.717, 1.165) is 29.7 Å². The third-order valence-corrected chi connectivity index (χ3v) is 4.16. The molecule has 1 fully saturated rings. The number of hydrogen-bond donors (Lipinski definition) is 0. The molecule has 0 aliphatic carbocycles. The van der Waals surface area contributed by atoms with Crippen LogP contribution in [0.1, 0.15) is 24.4 Å². The van der Waals surface area contributed by atoms with E-state index in [1.54, 1.807) is 6.33 Å². The first-order valence-electron chi connectivity index (χ1n) is 7.28. The molecule has 3 aromatic rings. The third kappa shape index (κ3) is 2.05. The Morgan fingerprint density at radius 1 is 1.19 bits per heavy atom. The Kier molecular flexibility index (Phi) is 2.84. The first-order chi connectivity index (χ1) is 10.3. The zero-order valence-corrected chi connectivity index (χ0v) is 12.0. The third-order valence-electron chi connectivity index (χ3n) is 4.16. The van der Waals surface area contributed by atoms with E-state index in [1.807, 2.05) is 36.1 Å². The van der Waals surface area contributed by atoms with Gasteiger partial charge < -0.3 is 4.90 Å². The number of rotatable bonds is 2. The van der Waals surface area contributed by atoms with Crippen molar-refractivity contribution in [1.82, 2.24) is 19.7 Å². The predicted octanol–water partition coefficient (Wildman–Crippen LogP) is 2.70. The molecule has 4 rings (SSSR count). The van der Waals surface area contributed by atoms with Gasteiger partial charge in [0.15, 0.2) is 0 Å². The molecule has 0 saturated carbocycles. The zero-order chi connectivity index (χ0) is 14.2. The average Bonchev–Trinajstić information content (AvgIpc) is 3.15. The highest BCUT2D eigenvalue weighted by molar-refractivity contribution is 5.89. The Balaban J connectivity index is 1.80. The molecule has 1 aliphatic heterocycles. The maximum absolute atomic E-state index is 4.56. The van der Waals surface area contributed by atoms with Gasteiger partial charge in [0.25, 0.3) is 0 Å². The molecule has 0 amide bonds. The van der Waals surface area contributed by atoms with Gasteiger partial charge in [0.2, 0.25) is 0 Å². The van der Waals surface area contributed by atoms with E-state index in [2.05, 4.69) is 32.2 Å². The maximum Gasteiger partial charge on any atom is 0.140 e. The minimum Gasteiger partial charge on any atom is -0.349 e. The summed E-state index contributed by atoms with van der Waals surface area (Å²) in [5.41, 5.74) is 2.26. The monoisotopic (exact) mass is 279 g/mol. The van der Waals surface area contributed by atoms with Crippen LogP contribution in [0.3, 0.4) is 0 Å². The minimum atomic E-state index is 0.358. The summed E-state index contributed by atoms with van der Waals surface area (Å²) in [5.74, 6) is 1.03. The lowest BCUT2D eigenvalue weighted by Gasteiger charge is -2.25. The van der Waals surface area contributed by atoms with Crippen LogP contribution in [0.25, 0.3) is 10.9 Å². The van der Waals surface area contributed by atoms with Gasteiger partial charge in [-0.05, 0) is 25.0 Å². The van der Waals surface area contributed by atoms with E-state index >= 15 is 0 Å². The molecule has 0 bridgehead atoms. The van der Waals surface area contributed by atoms with Crippen LogP contribution in [0, 0.1) is 0 Å². The Morgan fingerprint density at radius 3 is 2.95 bits per heavy atom. The van der Waals surface area contributed by atoms with Crippen molar-refractivity contribution in [2.45, 2.75) is 18.9 Å². The van der Waals surface area contributed by atoms with Gasteiger partial charge in [-0.1, -0.05) is 12.1 Å². The van der Waals surface area contributed by atoms with Crippen LogP contribution in [0.4, 0.5) is 5.82 Å². The van der Waals surface area contributed by atoms with Crippen LogP contribution in [-0.2, 0) is 7.05 Å². The number of benzene rings is 1. The second-order valence-corrected chi connectivity index (χ2v) is 5.51. The molecule has 2 aromatic heterocycles. The fourth-order valence-corrected chi connectivity index (χ4v) is 3.20. The van der Waals surface area contributed by atoms with Gasteiger partial charge in [-0.15, -0.1) is 0 Å². The molecular formula is C16H17N5. The number of aryl methyl sites for hydroxylation is 1. The topological polar surface area (TPSA) is 46.8 Å². The Morgan fingerprint density at radius 2 is 2.10 bits per heavy atom. The molecule has 0 spiro atoms. The molecule has 1 atom stereocenters. The van der Waals surface area contributed by atoms with E-state index in [4.69, 9.17) is 0 Å². The van der Waals surface area contributed by atoms with Gasteiger partial charge >= 0.3 is 0 Å². The molecule has 3 heterocycles. The predicted molar refractivity (Wildman–Crippen MR) is 82.1 cm³/mol. The van der Waals surface area contributed by atoms with Crippen LogP contribution in [0.2, 0.25) is 0 Å². The maximum atomic E-state index is 4.56. The summed E-state index contributed by atoms with van der Waals surface area (Å²) in [6.45, 7) is 1.03. The van der Waals surface area contributed by atoms with Crippen molar-refractivity contribution in [3.63, 3.8) is 0 Å². The molecule has 5 nitrogen and oxygen atoms in total. The summed E-state index contributed by atoms with van der Waals surface area (Å²) in [4.78, 5) is 11.3. The first kappa shape index (κ1) is 12.3. The zero-order valence-electron chi connectivity index (χ0n) is 12.0. The normalized spacial score (nSPS) is 18.5. The van der Waals surface area contributed by atoms with Gasteiger partial charge in [0.1, 0.15) is 12.1 Å². The molecule has 0 radical (unpaired) electrons. The Hall–Kier alpha value is -2.43. The Bertz CT molecular complexity index is 774. The lowest BCUT2D eigenvalue weighted by molar-refractivity contribution is 0.709. The van der Waals surface area contributed by atoms with Crippen molar-refractivity contribution >= 4 is 16.7 Å². The molecule has 1 aliphatic rings. The van der Waals surface area contributed by atoms with Crippen molar-refractivity contribution in [1.29, 1.82) is 0 Å². The molecule has 106 valence electrons. The van der Waals surface area contributed by atoms with Crippen LogP contribution >= 0.6 is 0 Å². The smallest absolute Gasteiger partial charge is 0.140 e. The van der Waals surface area contributed by atoms with Crippen molar-refractivity contribution in [3.8, 4) is 0 Å². The van der Waals surface area contributed by atoms with E-state index < -0.39 is 0 Å². The summed E-state index contributed by atoms with van der Waals surface area (Å²) in [6, 6.07) is 8.56. The summed E-state index contributed by atoms with van der Waals surface area (Å²) in [7, 11) is 1.96. The SMILES string of the molecule is Cn1cc([C@H]2CCCN2c2ncnc3ccccc23)cn1. The van der Waals surface area contributed by atoms with Crippen molar-refractivity contribution in [3.05, 3.63) is 48.5 Å². The first-order valence-corrected chi connectivity index (χ1v) is 7.28. The second kappa shape index (κ2) is 4.84. The quantitative estimate of drug-likeness (QED) is 0.723. The van der Waals surface area contributed by atoms with Gasteiger partial charge in [-0.2, -0.15) is 5.10 Å². The second-order valence-electron chi connectivity index (χ2n) is 5.51. The highest BCUT2D eigenvalue weighted by Crippen LogP contribution is 2.37. The van der Waals surface area contributed by atoms with Gasteiger partial charge in [0, 0.05) is 30.7 Å². The number of aromatic nitrogens is 4. The number of anilines is 1. The van der Waals surface area contributed by atoms with E-state index in [1.165, 1.54) is 12.0 Å². The molecule has 1 saturated heterocycles. The van der Waals surface area contributed by atoms with Crippen LogP contribution in [0.15, 0.2) is 43.0 Å². The van der Waals surface area contributed by atoms with E-state index in [0.29, 0.717) is 6.04 Å². The average molecular weight is 279 g/mol. The van der Waals surface area contributed by atoms with Crippen molar-refractivity contribution in [2.24, 2.45) is 7.05 Å². The van der Waals surface area contributed by atoms with Crippen LogP contribution in [0.5, 0.6) is 0 Å². The summed E-state index contributed by atoms with van der Waals surface area (Å²) >= 11 is 0. The lowest BCUT2D eigenvalue weighted by atomic mass is 10.1. The number of hydrogen-bond acceptors (Lipinski definition) is 4. The molecule has 0 N–H and O–H groups in total. The number of fused-ring (bicyclic) bond motifs is 1. The lowest BCUT2D eigenvalue weighted by Crippen LogP contribution is -2.23. The number of para-hydroxylation sites is 1. The van der Waals surface area contributed by atoms with Crippen molar-refractivity contribution in [2.75, 3.05) is 11.4 Å². The summed E-state index contributed by atoms with van der Waals surface area (Å²) < 4.78 is 1.86. The van der Waals surface area contributed by atoms with Crippen LogP contribution in [-0.4, -0.2) is 26.3 Å². The van der Waals surface area contributed by atoms with Crippen LogP contribution < -0.4 is 4.90 Å². The summed E-state index contributed by atoms with van der Waals surface area (Å²) in [5, 5.41) is 5.43. The van der Waals surface area contributed by atoms with Crippen molar-refractivity contribution < 1.29 is 0 Å². The molecule has 21 heavy (non-hydrogen) atoms. The standard InChI is InChI=1S/C16H17N5/c1-20-10-12(9-19-20)15-7-4-8-21(15)16-13-5-2-3-6-14(13)17-11-18-16/h2-3,5-6,9-11,15H,4,7-8H2,1H3/t15-/m1/s1.